The first-order valence-electron chi connectivity index (χ1n) is 9.37. The van der Waals surface area contributed by atoms with E-state index in [9.17, 15) is 9.59 Å². The maximum absolute atomic E-state index is 12.5. The number of piperidine rings is 1. The van der Waals surface area contributed by atoms with Crippen molar-refractivity contribution in [1.29, 1.82) is 0 Å². The van der Waals surface area contributed by atoms with Crippen LogP contribution in [0.4, 0.5) is 4.79 Å². The number of hydrogen-bond donors (Lipinski definition) is 2. The van der Waals surface area contributed by atoms with Crippen molar-refractivity contribution in [2.45, 2.75) is 64.0 Å². The van der Waals surface area contributed by atoms with Crippen molar-refractivity contribution in [1.82, 2.24) is 20.0 Å². The van der Waals surface area contributed by atoms with Gasteiger partial charge in [0.1, 0.15) is 0 Å². The molecule has 2 aliphatic rings. The quantitative estimate of drug-likeness (QED) is 0.875. The van der Waals surface area contributed by atoms with Crippen molar-refractivity contribution in [3.05, 3.63) is 18.0 Å². The number of carbonyl (C=O) groups excluding carboxylic acids is 1. The summed E-state index contributed by atoms with van der Waals surface area (Å²) in [5.41, 5.74) is 1.27. The number of carboxylic acid groups (broad SMARTS) is 1. The fourth-order valence-electron chi connectivity index (χ4n) is 3.93. The van der Waals surface area contributed by atoms with Crippen LogP contribution < -0.4 is 5.32 Å². The van der Waals surface area contributed by atoms with Gasteiger partial charge < -0.3 is 15.3 Å². The molecule has 2 N–H and O–H groups in total. The van der Waals surface area contributed by atoms with Crippen LogP contribution in [0.15, 0.2) is 12.4 Å². The van der Waals surface area contributed by atoms with E-state index in [0.717, 1.165) is 45.3 Å². The number of carbonyl (C=O) groups is 2. The van der Waals surface area contributed by atoms with Crippen molar-refractivity contribution < 1.29 is 14.7 Å². The van der Waals surface area contributed by atoms with Crippen LogP contribution in [0.1, 0.15) is 56.9 Å². The summed E-state index contributed by atoms with van der Waals surface area (Å²) in [6.45, 7) is 4.48. The highest BCUT2D eigenvalue weighted by atomic mass is 16.4. The number of aromatic nitrogens is 2. The van der Waals surface area contributed by atoms with Crippen molar-refractivity contribution in [3.63, 3.8) is 0 Å². The Morgan fingerprint density at radius 2 is 1.88 bits per heavy atom. The van der Waals surface area contributed by atoms with E-state index >= 15 is 0 Å². The topological polar surface area (TPSA) is 87.5 Å². The van der Waals surface area contributed by atoms with Gasteiger partial charge >= 0.3 is 12.0 Å². The monoisotopic (exact) mass is 348 g/mol. The molecule has 7 heteroatoms. The second kappa shape index (κ2) is 7.89. The Kier molecular flexibility index (Phi) is 5.60. The second-order valence-corrected chi connectivity index (χ2v) is 7.23. The SMILES string of the molecule is CCn1cc(C2CCN(C(=O)NC3CCC(C(=O)O)CC3)CC2)cn1. The fraction of sp³-hybridized carbons (Fsp3) is 0.722. The van der Waals surface area contributed by atoms with E-state index < -0.39 is 5.97 Å². The number of nitrogens with one attached hydrogen (secondary N) is 1. The molecule has 0 spiro atoms. The average Bonchev–Trinajstić information content (AvgIpc) is 3.11. The number of amides is 2. The molecule has 7 nitrogen and oxygen atoms in total. The third kappa shape index (κ3) is 4.32. The Morgan fingerprint density at radius 3 is 2.44 bits per heavy atom. The van der Waals surface area contributed by atoms with Crippen LogP contribution >= 0.6 is 0 Å². The molecular weight excluding hydrogens is 320 g/mol. The lowest BCUT2D eigenvalue weighted by Gasteiger charge is -2.34. The number of likely N-dealkylation sites (tertiary alicyclic amines) is 1. The van der Waals surface area contributed by atoms with Crippen LogP contribution in [0.25, 0.3) is 0 Å². The molecule has 1 saturated heterocycles. The summed E-state index contributed by atoms with van der Waals surface area (Å²) in [7, 11) is 0. The second-order valence-electron chi connectivity index (χ2n) is 7.23. The van der Waals surface area contributed by atoms with Gasteiger partial charge in [-0.3, -0.25) is 9.48 Å². The van der Waals surface area contributed by atoms with Crippen LogP contribution in [0.2, 0.25) is 0 Å². The molecular formula is C18H28N4O3. The first kappa shape index (κ1) is 17.8. The Balaban J connectivity index is 1.43. The van der Waals surface area contributed by atoms with Gasteiger partial charge in [-0.2, -0.15) is 5.10 Å². The van der Waals surface area contributed by atoms with Crippen LogP contribution in [-0.2, 0) is 11.3 Å². The highest BCUT2D eigenvalue weighted by Gasteiger charge is 2.29. The van der Waals surface area contributed by atoms with Gasteiger partial charge in [0.25, 0.3) is 0 Å². The van der Waals surface area contributed by atoms with E-state index in [0.29, 0.717) is 18.8 Å². The van der Waals surface area contributed by atoms with Crippen molar-refractivity contribution in [3.8, 4) is 0 Å². The van der Waals surface area contributed by atoms with Gasteiger partial charge in [-0.15, -0.1) is 0 Å². The summed E-state index contributed by atoms with van der Waals surface area (Å²) in [4.78, 5) is 25.3. The molecule has 1 aliphatic heterocycles. The molecule has 2 amide bonds. The summed E-state index contributed by atoms with van der Waals surface area (Å²) in [5, 5.41) is 16.5. The minimum Gasteiger partial charge on any atom is -0.481 e. The van der Waals surface area contributed by atoms with E-state index in [4.69, 9.17) is 5.11 Å². The number of aryl methyl sites for hydroxylation is 1. The Bertz CT molecular complexity index is 599. The smallest absolute Gasteiger partial charge is 0.317 e. The van der Waals surface area contributed by atoms with Gasteiger partial charge in [0.05, 0.1) is 12.1 Å². The van der Waals surface area contributed by atoms with Gasteiger partial charge in [-0.05, 0) is 56.9 Å². The number of aliphatic carboxylic acids is 1. The standard InChI is InChI=1S/C18H28N4O3/c1-2-22-12-15(11-19-22)13-7-9-21(10-8-13)18(25)20-16-5-3-14(4-6-16)17(23)24/h11-14,16H,2-10H2,1H3,(H,20,25)(H,23,24). The molecule has 138 valence electrons. The number of nitrogens with zero attached hydrogens (tertiary/aromatic N) is 3. The largest absolute Gasteiger partial charge is 0.481 e. The van der Waals surface area contributed by atoms with Gasteiger partial charge in [0.15, 0.2) is 0 Å². The van der Waals surface area contributed by atoms with Gasteiger partial charge in [0, 0.05) is 31.9 Å². The zero-order valence-corrected chi connectivity index (χ0v) is 14.9. The van der Waals surface area contributed by atoms with E-state index in [-0.39, 0.29) is 18.0 Å². The maximum Gasteiger partial charge on any atom is 0.317 e. The first-order valence-corrected chi connectivity index (χ1v) is 9.37. The van der Waals surface area contributed by atoms with Gasteiger partial charge in [-0.25, -0.2) is 4.79 Å². The molecule has 1 aliphatic carbocycles. The molecule has 1 saturated carbocycles. The lowest BCUT2D eigenvalue weighted by molar-refractivity contribution is -0.142. The summed E-state index contributed by atoms with van der Waals surface area (Å²) in [5.74, 6) is -0.471. The first-order chi connectivity index (χ1) is 12.1. The lowest BCUT2D eigenvalue weighted by atomic mass is 9.86. The molecule has 1 aromatic rings. The predicted octanol–water partition coefficient (Wildman–Crippen LogP) is 2.44. The number of hydrogen-bond acceptors (Lipinski definition) is 3. The average molecular weight is 348 g/mol. The van der Waals surface area contributed by atoms with E-state index in [1.54, 1.807) is 0 Å². The number of urea groups is 1. The molecule has 2 fully saturated rings. The van der Waals surface area contributed by atoms with Gasteiger partial charge in [0.2, 0.25) is 0 Å². The summed E-state index contributed by atoms with van der Waals surface area (Å²) in [6, 6.07) is 0.116. The molecule has 0 atom stereocenters. The van der Waals surface area contributed by atoms with Crippen molar-refractivity contribution in [2.75, 3.05) is 13.1 Å². The summed E-state index contributed by atoms with van der Waals surface area (Å²) in [6.07, 6.45) is 8.83. The van der Waals surface area contributed by atoms with E-state index in [2.05, 4.69) is 23.5 Å². The maximum atomic E-state index is 12.5. The number of carboxylic acids is 1. The summed E-state index contributed by atoms with van der Waals surface area (Å²) < 4.78 is 1.95. The third-order valence-corrected chi connectivity index (χ3v) is 5.63. The molecule has 0 bridgehead atoms. The normalized spacial score (nSPS) is 24.9. The van der Waals surface area contributed by atoms with Crippen LogP contribution in [0.3, 0.4) is 0 Å². The molecule has 3 rings (SSSR count). The number of rotatable bonds is 4. The molecule has 2 heterocycles. The van der Waals surface area contributed by atoms with E-state index in [1.165, 1.54) is 5.56 Å². The van der Waals surface area contributed by atoms with Crippen molar-refractivity contribution >= 4 is 12.0 Å². The van der Waals surface area contributed by atoms with Crippen LogP contribution in [-0.4, -0.2) is 50.9 Å². The predicted molar refractivity (Wildman–Crippen MR) is 93.4 cm³/mol. The Labute approximate surface area is 148 Å². The highest BCUT2D eigenvalue weighted by molar-refractivity contribution is 5.75. The van der Waals surface area contributed by atoms with Crippen molar-refractivity contribution in [2.24, 2.45) is 5.92 Å². The minimum atomic E-state index is -0.710. The zero-order chi connectivity index (χ0) is 17.8. The molecule has 0 radical (unpaired) electrons. The highest BCUT2D eigenvalue weighted by Crippen LogP contribution is 2.28. The molecule has 25 heavy (non-hydrogen) atoms. The van der Waals surface area contributed by atoms with E-state index in [1.807, 2.05) is 15.8 Å². The molecule has 0 aromatic carbocycles. The third-order valence-electron chi connectivity index (χ3n) is 5.63. The van der Waals surface area contributed by atoms with Crippen LogP contribution in [0, 0.1) is 5.92 Å². The lowest BCUT2D eigenvalue weighted by Crippen LogP contribution is -2.48. The fourth-order valence-corrected chi connectivity index (χ4v) is 3.93. The van der Waals surface area contributed by atoms with Crippen LogP contribution in [0.5, 0.6) is 0 Å². The minimum absolute atomic E-state index is 0.00137. The Morgan fingerprint density at radius 1 is 1.20 bits per heavy atom. The zero-order valence-electron chi connectivity index (χ0n) is 14.9. The van der Waals surface area contributed by atoms with Gasteiger partial charge in [-0.1, -0.05) is 0 Å². The molecule has 0 unspecified atom stereocenters. The summed E-state index contributed by atoms with van der Waals surface area (Å²) >= 11 is 0. The Hall–Kier alpha value is -2.05. The molecule has 1 aromatic heterocycles.